The van der Waals surface area contributed by atoms with Crippen LogP contribution in [0.5, 0.6) is 0 Å². The molecular weight excluding hydrogens is 244 g/mol. The van der Waals surface area contributed by atoms with Crippen LogP contribution in [-0.4, -0.2) is 11.5 Å². The first-order chi connectivity index (χ1) is 9.76. The Kier molecular flexibility index (Phi) is 5.15. The number of fused-ring (bicyclic) bond motifs is 1. The Bertz CT molecular complexity index is 635. The van der Waals surface area contributed by atoms with Crippen LogP contribution in [0.25, 0.3) is 10.9 Å². The summed E-state index contributed by atoms with van der Waals surface area (Å²) in [4.78, 5) is 4.62. The fourth-order valence-electron chi connectivity index (χ4n) is 2.58. The minimum atomic E-state index is 0.340. The third-order valence-electron chi connectivity index (χ3n) is 3.44. The quantitative estimate of drug-likeness (QED) is 0.827. The molecule has 0 aliphatic carbocycles. The number of hydrogen-bond acceptors (Lipinski definition) is 2. The van der Waals surface area contributed by atoms with Crippen LogP contribution in [0.4, 0.5) is 0 Å². The SMILES string of the molecule is CC#CCCC(NCC)c1cc(C)nc2ccccc12. The summed E-state index contributed by atoms with van der Waals surface area (Å²) in [5, 5.41) is 4.83. The highest BCUT2D eigenvalue weighted by Gasteiger charge is 2.14. The average molecular weight is 266 g/mol. The maximum absolute atomic E-state index is 4.62. The molecule has 2 heteroatoms. The minimum absolute atomic E-state index is 0.340. The van der Waals surface area contributed by atoms with Gasteiger partial charge in [-0.25, -0.2) is 0 Å². The monoisotopic (exact) mass is 266 g/mol. The van der Waals surface area contributed by atoms with E-state index in [-0.39, 0.29) is 0 Å². The Morgan fingerprint density at radius 3 is 2.85 bits per heavy atom. The smallest absolute Gasteiger partial charge is 0.0708 e. The largest absolute Gasteiger partial charge is 0.310 e. The van der Waals surface area contributed by atoms with E-state index < -0.39 is 0 Å². The Labute approximate surface area is 121 Å². The topological polar surface area (TPSA) is 24.9 Å². The number of aryl methyl sites for hydroxylation is 1. The Balaban J connectivity index is 2.42. The van der Waals surface area contributed by atoms with Crippen LogP contribution < -0.4 is 5.32 Å². The van der Waals surface area contributed by atoms with Gasteiger partial charge in [-0.2, -0.15) is 0 Å². The third kappa shape index (κ3) is 3.37. The second-order valence-corrected chi connectivity index (χ2v) is 4.95. The van der Waals surface area contributed by atoms with E-state index in [0.29, 0.717) is 6.04 Å². The average Bonchev–Trinajstić information content (AvgIpc) is 2.45. The molecule has 20 heavy (non-hydrogen) atoms. The van der Waals surface area contributed by atoms with Crippen molar-refractivity contribution in [1.82, 2.24) is 10.3 Å². The molecule has 0 saturated heterocycles. The molecule has 1 unspecified atom stereocenters. The van der Waals surface area contributed by atoms with Gasteiger partial charge in [0.05, 0.1) is 5.52 Å². The fourth-order valence-corrected chi connectivity index (χ4v) is 2.58. The van der Waals surface area contributed by atoms with Crippen LogP contribution >= 0.6 is 0 Å². The number of aromatic nitrogens is 1. The normalized spacial score (nSPS) is 11.9. The third-order valence-corrected chi connectivity index (χ3v) is 3.44. The molecule has 0 amide bonds. The van der Waals surface area contributed by atoms with Gasteiger partial charge < -0.3 is 5.32 Å². The Hall–Kier alpha value is -1.85. The van der Waals surface area contributed by atoms with Gasteiger partial charge in [-0.3, -0.25) is 4.98 Å². The summed E-state index contributed by atoms with van der Waals surface area (Å²) < 4.78 is 0. The van der Waals surface area contributed by atoms with Gasteiger partial charge in [0.25, 0.3) is 0 Å². The first kappa shape index (κ1) is 14.6. The zero-order valence-corrected chi connectivity index (χ0v) is 12.5. The molecule has 0 spiro atoms. The Morgan fingerprint density at radius 2 is 2.10 bits per heavy atom. The molecule has 1 aromatic heterocycles. The number of nitrogens with one attached hydrogen (secondary N) is 1. The maximum Gasteiger partial charge on any atom is 0.0708 e. The van der Waals surface area contributed by atoms with Gasteiger partial charge in [0.2, 0.25) is 0 Å². The molecule has 1 atom stereocenters. The highest BCUT2D eigenvalue weighted by Crippen LogP contribution is 2.27. The van der Waals surface area contributed by atoms with E-state index in [1.807, 2.05) is 13.0 Å². The summed E-state index contributed by atoms with van der Waals surface area (Å²) in [5.41, 5.74) is 3.49. The van der Waals surface area contributed by atoms with E-state index in [1.165, 1.54) is 10.9 Å². The summed E-state index contributed by atoms with van der Waals surface area (Å²) in [6, 6.07) is 10.9. The van der Waals surface area contributed by atoms with E-state index in [0.717, 1.165) is 30.6 Å². The van der Waals surface area contributed by atoms with Crippen LogP contribution in [0.15, 0.2) is 30.3 Å². The lowest BCUT2D eigenvalue weighted by Crippen LogP contribution is -2.21. The second-order valence-electron chi connectivity index (χ2n) is 4.95. The van der Waals surface area contributed by atoms with Crippen LogP contribution in [0.1, 0.15) is 44.0 Å². The van der Waals surface area contributed by atoms with E-state index in [1.54, 1.807) is 0 Å². The van der Waals surface area contributed by atoms with Crippen molar-refractivity contribution in [3.63, 3.8) is 0 Å². The number of para-hydroxylation sites is 1. The van der Waals surface area contributed by atoms with Gasteiger partial charge in [0, 0.05) is 23.5 Å². The van der Waals surface area contributed by atoms with Crippen molar-refractivity contribution in [2.45, 2.75) is 39.7 Å². The number of benzene rings is 1. The van der Waals surface area contributed by atoms with E-state index in [2.05, 4.69) is 60.3 Å². The molecule has 2 aromatic rings. The Morgan fingerprint density at radius 1 is 1.30 bits per heavy atom. The van der Waals surface area contributed by atoms with Gasteiger partial charge in [-0.1, -0.05) is 25.1 Å². The molecule has 1 heterocycles. The lowest BCUT2D eigenvalue weighted by molar-refractivity contribution is 0.525. The molecule has 2 nitrogen and oxygen atoms in total. The lowest BCUT2D eigenvalue weighted by atomic mass is 9.97. The van der Waals surface area contributed by atoms with Crippen molar-refractivity contribution in [2.24, 2.45) is 0 Å². The van der Waals surface area contributed by atoms with Crippen LogP contribution in [0.3, 0.4) is 0 Å². The highest BCUT2D eigenvalue weighted by molar-refractivity contribution is 5.82. The molecule has 0 radical (unpaired) electrons. The van der Waals surface area contributed by atoms with Crippen molar-refractivity contribution in [1.29, 1.82) is 0 Å². The molecule has 0 saturated carbocycles. The standard InChI is InChI=1S/C18H22N2/c1-4-6-7-11-17(19-5-2)16-13-14(3)20-18-12-9-8-10-15(16)18/h8-10,12-13,17,19H,5,7,11H2,1-3H3. The highest BCUT2D eigenvalue weighted by atomic mass is 14.9. The lowest BCUT2D eigenvalue weighted by Gasteiger charge is -2.19. The van der Waals surface area contributed by atoms with Crippen molar-refractivity contribution in [3.05, 3.63) is 41.6 Å². The molecule has 0 aliphatic rings. The molecule has 1 aromatic carbocycles. The second kappa shape index (κ2) is 7.07. The van der Waals surface area contributed by atoms with Crippen LogP contribution in [0.2, 0.25) is 0 Å². The summed E-state index contributed by atoms with van der Waals surface area (Å²) in [6.07, 6.45) is 1.95. The molecule has 2 rings (SSSR count). The van der Waals surface area contributed by atoms with Crippen LogP contribution in [0, 0.1) is 18.8 Å². The number of pyridine rings is 1. The van der Waals surface area contributed by atoms with Crippen molar-refractivity contribution >= 4 is 10.9 Å². The summed E-state index contributed by atoms with van der Waals surface area (Å²) in [5.74, 6) is 6.14. The van der Waals surface area contributed by atoms with E-state index in [9.17, 15) is 0 Å². The predicted octanol–water partition coefficient (Wildman–Crippen LogP) is 4.00. The van der Waals surface area contributed by atoms with Gasteiger partial charge in [0.1, 0.15) is 0 Å². The molecular formula is C18H22N2. The molecule has 104 valence electrons. The fraction of sp³-hybridized carbons (Fsp3) is 0.389. The van der Waals surface area contributed by atoms with Gasteiger partial charge >= 0.3 is 0 Å². The van der Waals surface area contributed by atoms with E-state index in [4.69, 9.17) is 0 Å². The van der Waals surface area contributed by atoms with Gasteiger partial charge in [-0.05, 0) is 44.5 Å². The molecule has 0 aliphatic heterocycles. The number of nitrogens with zero attached hydrogens (tertiary/aromatic N) is 1. The molecule has 0 bridgehead atoms. The van der Waals surface area contributed by atoms with Crippen molar-refractivity contribution in [3.8, 4) is 11.8 Å². The molecule has 1 N–H and O–H groups in total. The maximum atomic E-state index is 4.62. The van der Waals surface area contributed by atoms with Gasteiger partial charge in [0.15, 0.2) is 0 Å². The summed E-state index contributed by atoms with van der Waals surface area (Å²) in [6.45, 7) is 7.06. The van der Waals surface area contributed by atoms with Gasteiger partial charge in [-0.15, -0.1) is 11.8 Å². The van der Waals surface area contributed by atoms with Crippen molar-refractivity contribution < 1.29 is 0 Å². The first-order valence-electron chi connectivity index (χ1n) is 7.25. The summed E-state index contributed by atoms with van der Waals surface area (Å²) in [7, 11) is 0. The number of hydrogen-bond donors (Lipinski definition) is 1. The minimum Gasteiger partial charge on any atom is -0.310 e. The summed E-state index contributed by atoms with van der Waals surface area (Å²) >= 11 is 0. The van der Waals surface area contributed by atoms with Crippen molar-refractivity contribution in [2.75, 3.05) is 6.54 Å². The van der Waals surface area contributed by atoms with Crippen LogP contribution in [-0.2, 0) is 0 Å². The van der Waals surface area contributed by atoms with E-state index >= 15 is 0 Å². The zero-order valence-electron chi connectivity index (χ0n) is 12.5. The predicted molar refractivity (Wildman–Crippen MR) is 85.6 cm³/mol. The number of rotatable bonds is 5. The zero-order chi connectivity index (χ0) is 14.4. The first-order valence-corrected chi connectivity index (χ1v) is 7.25. The molecule has 0 fully saturated rings.